The van der Waals surface area contributed by atoms with Crippen molar-refractivity contribution in [3.05, 3.63) is 29.4 Å². The van der Waals surface area contributed by atoms with E-state index in [-0.39, 0.29) is 6.03 Å². The van der Waals surface area contributed by atoms with Crippen molar-refractivity contribution in [2.45, 2.75) is 25.8 Å². The molecule has 4 rings (SSSR count). The highest BCUT2D eigenvalue weighted by molar-refractivity contribution is 7.14. The topological polar surface area (TPSA) is 87.1 Å². The number of carbonyl (C=O) groups excluding carboxylic acids is 1. The summed E-state index contributed by atoms with van der Waals surface area (Å²) in [7, 11) is 4.17. The molecule has 0 spiro atoms. The molecule has 1 aliphatic rings. The molecule has 3 heterocycles. The lowest BCUT2D eigenvalue weighted by Crippen LogP contribution is -2.46. The van der Waals surface area contributed by atoms with Crippen LogP contribution in [0.1, 0.15) is 17.8 Å². The Morgan fingerprint density at radius 3 is 2.71 bits per heavy atom. The molecule has 2 aromatic heterocycles. The van der Waals surface area contributed by atoms with E-state index >= 15 is 0 Å². The third-order valence-corrected chi connectivity index (χ3v) is 5.94. The highest BCUT2D eigenvalue weighted by atomic mass is 32.1. The van der Waals surface area contributed by atoms with Crippen LogP contribution in [0, 0.1) is 6.92 Å². The molecule has 2 amide bonds. The van der Waals surface area contributed by atoms with Crippen molar-refractivity contribution in [3.8, 4) is 10.6 Å². The lowest BCUT2D eigenvalue weighted by molar-refractivity contribution is 0.156. The molecule has 0 atom stereocenters. The Labute approximate surface area is 167 Å². The van der Waals surface area contributed by atoms with Crippen LogP contribution in [0.3, 0.4) is 0 Å². The molecule has 1 saturated heterocycles. The number of nitrogens with zero attached hydrogens (tertiary/aromatic N) is 6. The van der Waals surface area contributed by atoms with Gasteiger partial charge in [-0.1, -0.05) is 23.5 Å². The lowest BCUT2D eigenvalue weighted by atomic mass is 10.0. The number of likely N-dealkylation sites (tertiary alicyclic amines) is 1. The number of carbonyl (C=O) groups is 1. The van der Waals surface area contributed by atoms with E-state index in [1.165, 1.54) is 11.3 Å². The smallest absolute Gasteiger partial charge is 0.324 e. The van der Waals surface area contributed by atoms with Crippen LogP contribution in [0.4, 0.5) is 10.7 Å². The fourth-order valence-electron chi connectivity index (χ4n) is 3.39. The van der Waals surface area contributed by atoms with Crippen LogP contribution in [0.25, 0.3) is 21.5 Å². The number of benzene rings is 1. The predicted octanol–water partition coefficient (Wildman–Crippen LogP) is 3.01. The van der Waals surface area contributed by atoms with Gasteiger partial charge in [0.15, 0.2) is 0 Å². The first-order valence-corrected chi connectivity index (χ1v) is 10.1. The van der Waals surface area contributed by atoms with E-state index in [0.29, 0.717) is 12.0 Å². The van der Waals surface area contributed by atoms with Gasteiger partial charge in [0.1, 0.15) is 10.0 Å². The van der Waals surface area contributed by atoms with Gasteiger partial charge in [0, 0.05) is 36.3 Å². The van der Waals surface area contributed by atoms with Crippen molar-refractivity contribution in [2.24, 2.45) is 0 Å². The molecule has 1 aromatic carbocycles. The summed E-state index contributed by atoms with van der Waals surface area (Å²) in [4.78, 5) is 25.4. The van der Waals surface area contributed by atoms with Crippen LogP contribution >= 0.6 is 11.3 Å². The number of hydrogen-bond acceptors (Lipinski definition) is 7. The molecule has 0 radical (unpaired) electrons. The average molecular weight is 398 g/mol. The van der Waals surface area contributed by atoms with Crippen molar-refractivity contribution >= 4 is 34.2 Å². The Morgan fingerprint density at radius 1 is 1.25 bits per heavy atom. The summed E-state index contributed by atoms with van der Waals surface area (Å²) in [5.74, 6) is 0.317. The molecule has 9 heteroatoms. The third-order valence-electron chi connectivity index (χ3n) is 5.06. The number of aromatic nitrogens is 4. The predicted molar refractivity (Wildman–Crippen MR) is 110 cm³/mol. The van der Waals surface area contributed by atoms with Gasteiger partial charge in [-0.2, -0.15) is 0 Å². The van der Waals surface area contributed by atoms with Crippen molar-refractivity contribution in [2.75, 3.05) is 32.5 Å². The maximum absolute atomic E-state index is 12.6. The van der Waals surface area contributed by atoms with E-state index in [2.05, 4.69) is 44.5 Å². The Balaban J connectivity index is 1.49. The summed E-state index contributed by atoms with van der Waals surface area (Å²) in [6.07, 6.45) is 3.68. The van der Waals surface area contributed by atoms with E-state index in [9.17, 15) is 4.79 Å². The van der Waals surface area contributed by atoms with Gasteiger partial charge in [-0.15, -0.1) is 10.2 Å². The summed E-state index contributed by atoms with van der Waals surface area (Å²) in [6.45, 7) is 3.41. The number of fused-ring (bicyclic) bond motifs is 1. The monoisotopic (exact) mass is 397 g/mol. The summed E-state index contributed by atoms with van der Waals surface area (Å²) >= 11 is 1.54. The minimum Gasteiger partial charge on any atom is -0.324 e. The molecule has 8 nitrogen and oxygen atoms in total. The van der Waals surface area contributed by atoms with Crippen molar-refractivity contribution in [1.29, 1.82) is 0 Å². The van der Waals surface area contributed by atoms with E-state index in [0.717, 1.165) is 52.4 Å². The highest BCUT2D eigenvalue weighted by Gasteiger charge is 2.24. The van der Waals surface area contributed by atoms with Gasteiger partial charge in [-0.05, 0) is 39.9 Å². The minimum atomic E-state index is -0.146. The second-order valence-corrected chi connectivity index (χ2v) is 8.39. The van der Waals surface area contributed by atoms with Crippen molar-refractivity contribution in [3.63, 3.8) is 0 Å². The Hall–Kier alpha value is -2.65. The first kappa shape index (κ1) is 18.7. The summed E-state index contributed by atoms with van der Waals surface area (Å²) in [6, 6.07) is 6.28. The average Bonchev–Trinajstić information content (AvgIpc) is 3.14. The normalized spacial score (nSPS) is 15.4. The molecular formula is C19H23N7OS. The first-order chi connectivity index (χ1) is 13.5. The van der Waals surface area contributed by atoms with Gasteiger partial charge >= 0.3 is 6.03 Å². The number of urea groups is 1. The number of rotatable bonds is 3. The van der Waals surface area contributed by atoms with Crippen LogP contribution < -0.4 is 5.32 Å². The Bertz CT molecular complexity index is 995. The van der Waals surface area contributed by atoms with Crippen LogP contribution in [0.5, 0.6) is 0 Å². The fourth-order valence-corrected chi connectivity index (χ4v) is 4.08. The zero-order valence-corrected chi connectivity index (χ0v) is 17.0. The molecular weight excluding hydrogens is 374 g/mol. The van der Waals surface area contributed by atoms with E-state index < -0.39 is 0 Å². The number of amides is 2. The number of aryl methyl sites for hydroxylation is 1. The molecule has 0 aliphatic carbocycles. The van der Waals surface area contributed by atoms with Gasteiger partial charge in [0.2, 0.25) is 5.95 Å². The lowest BCUT2D eigenvalue weighted by Gasteiger charge is -2.34. The molecule has 3 aromatic rings. The maximum atomic E-state index is 12.6. The highest BCUT2D eigenvalue weighted by Crippen LogP contribution is 2.26. The van der Waals surface area contributed by atoms with Crippen LogP contribution in [0.15, 0.2) is 24.4 Å². The van der Waals surface area contributed by atoms with Gasteiger partial charge in [0.25, 0.3) is 0 Å². The largest absolute Gasteiger partial charge is 0.324 e. The van der Waals surface area contributed by atoms with Crippen molar-refractivity contribution < 1.29 is 4.79 Å². The fraction of sp³-hybridized carbons (Fsp3) is 0.421. The van der Waals surface area contributed by atoms with E-state index in [1.54, 1.807) is 6.20 Å². The molecule has 28 heavy (non-hydrogen) atoms. The standard InChI is InChI=1S/C19H23N7OS/c1-12-23-24-17(28-12)13-4-5-14-11-20-18(21-16(14)10-13)22-19(27)26-8-6-15(7-9-26)25(2)3/h4-5,10-11,15H,6-9H2,1-3H3,(H,20,21,22,27). The summed E-state index contributed by atoms with van der Waals surface area (Å²) in [5, 5.41) is 13.8. The number of hydrogen-bond donors (Lipinski definition) is 1. The van der Waals surface area contributed by atoms with Crippen molar-refractivity contribution in [1.82, 2.24) is 30.0 Å². The molecule has 1 aliphatic heterocycles. The molecule has 1 fully saturated rings. The molecule has 0 unspecified atom stereocenters. The first-order valence-electron chi connectivity index (χ1n) is 9.29. The Kier molecular flexibility index (Phi) is 5.19. The second-order valence-electron chi connectivity index (χ2n) is 7.21. The second kappa shape index (κ2) is 7.76. The van der Waals surface area contributed by atoms with Gasteiger partial charge in [0.05, 0.1) is 5.52 Å². The van der Waals surface area contributed by atoms with Gasteiger partial charge in [-0.3, -0.25) is 5.32 Å². The zero-order valence-electron chi connectivity index (χ0n) is 16.2. The quantitative estimate of drug-likeness (QED) is 0.731. The summed E-state index contributed by atoms with van der Waals surface area (Å²) in [5.41, 5.74) is 1.72. The van der Waals surface area contributed by atoms with E-state index in [4.69, 9.17) is 0 Å². The number of piperidine rings is 1. The summed E-state index contributed by atoms with van der Waals surface area (Å²) < 4.78 is 0. The van der Waals surface area contributed by atoms with Gasteiger partial charge < -0.3 is 9.80 Å². The van der Waals surface area contributed by atoms with Crippen LogP contribution in [0.2, 0.25) is 0 Å². The maximum Gasteiger partial charge on any atom is 0.324 e. The SMILES string of the molecule is Cc1nnc(-c2ccc3cnc(NC(=O)N4CCC(N(C)C)CC4)nc3c2)s1. The van der Waals surface area contributed by atoms with E-state index in [1.807, 2.05) is 30.0 Å². The molecule has 146 valence electrons. The Morgan fingerprint density at radius 2 is 2.04 bits per heavy atom. The molecule has 0 saturated carbocycles. The zero-order chi connectivity index (χ0) is 19.7. The minimum absolute atomic E-state index is 0.146. The number of anilines is 1. The van der Waals surface area contributed by atoms with Crippen LogP contribution in [-0.2, 0) is 0 Å². The third kappa shape index (κ3) is 3.95. The van der Waals surface area contributed by atoms with Gasteiger partial charge in [-0.25, -0.2) is 14.8 Å². The van der Waals surface area contributed by atoms with Crippen LogP contribution in [-0.4, -0.2) is 69.2 Å². The number of nitrogens with one attached hydrogen (secondary N) is 1. The molecule has 0 bridgehead atoms. The molecule has 1 N–H and O–H groups in total.